The summed E-state index contributed by atoms with van der Waals surface area (Å²) in [5.74, 6) is 0.823. The lowest BCUT2D eigenvalue weighted by Crippen LogP contribution is -2.20. The summed E-state index contributed by atoms with van der Waals surface area (Å²) in [6.07, 6.45) is 7.37. The molecule has 1 nitrogen and oxygen atoms in total. The lowest BCUT2D eigenvalue weighted by molar-refractivity contribution is 0.347. The predicted octanol–water partition coefficient (Wildman–Crippen LogP) is 5.55. The molecule has 0 spiro atoms. The molecular weight excluding hydrogens is 266 g/mol. The highest BCUT2D eigenvalue weighted by Crippen LogP contribution is 2.15. The van der Waals surface area contributed by atoms with Gasteiger partial charge in [-0.15, -0.1) is 0 Å². The lowest BCUT2D eigenvalue weighted by atomic mass is 9.99. The number of rotatable bonds is 9. The summed E-state index contributed by atoms with van der Waals surface area (Å²) >= 11 is 0. The third-order valence-corrected chi connectivity index (χ3v) is 4.36. The topological polar surface area (TPSA) is 3.24 Å². The summed E-state index contributed by atoms with van der Waals surface area (Å²) in [6, 6.07) is 6.80. The first-order chi connectivity index (χ1) is 10.4. The normalized spacial score (nSPS) is 12.5. The van der Waals surface area contributed by atoms with Gasteiger partial charge in [-0.05, 0) is 77.1 Å². The summed E-state index contributed by atoms with van der Waals surface area (Å²) in [7, 11) is 2.23. The van der Waals surface area contributed by atoms with Gasteiger partial charge in [-0.25, -0.2) is 0 Å². The Kier molecular flexibility index (Phi) is 8.48. The highest BCUT2D eigenvalue weighted by atomic mass is 15.1. The molecule has 0 aliphatic carbocycles. The molecule has 0 radical (unpaired) electrons. The quantitative estimate of drug-likeness (QED) is 0.540. The van der Waals surface area contributed by atoms with Crippen molar-refractivity contribution < 1.29 is 0 Å². The first-order valence-corrected chi connectivity index (χ1v) is 8.78. The SMILES string of the molecule is C/C(=C\CN(C)CCCC(C)C)CCc1ccc(C)cc1C. The van der Waals surface area contributed by atoms with Crippen LogP contribution in [0, 0.1) is 19.8 Å². The first kappa shape index (κ1) is 19.0. The van der Waals surface area contributed by atoms with E-state index in [2.05, 4.69) is 70.8 Å². The smallest absolute Gasteiger partial charge is 0.0162 e. The second kappa shape index (κ2) is 9.84. The van der Waals surface area contributed by atoms with Crippen molar-refractivity contribution in [1.82, 2.24) is 4.90 Å². The van der Waals surface area contributed by atoms with Crippen molar-refractivity contribution in [2.75, 3.05) is 20.1 Å². The van der Waals surface area contributed by atoms with Gasteiger partial charge in [0.05, 0.1) is 0 Å². The number of hydrogen-bond acceptors (Lipinski definition) is 1. The summed E-state index contributed by atoms with van der Waals surface area (Å²) in [5, 5.41) is 0. The average molecular weight is 302 g/mol. The molecular formula is C21H35N. The van der Waals surface area contributed by atoms with Gasteiger partial charge in [-0.2, -0.15) is 0 Å². The zero-order valence-electron chi connectivity index (χ0n) is 15.6. The number of aryl methyl sites for hydroxylation is 3. The molecule has 1 aromatic rings. The van der Waals surface area contributed by atoms with Crippen LogP contribution in [0.4, 0.5) is 0 Å². The molecule has 0 amide bonds. The Bertz CT molecular complexity index is 471. The van der Waals surface area contributed by atoms with E-state index in [1.165, 1.54) is 48.1 Å². The summed E-state index contributed by atoms with van der Waals surface area (Å²) in [6.45, 7) is 13.6. The summed E-state index contributed by atoms with van der Waals surface area (Å²) < 4.78 is 0. The Balaban J connectivity index is 2.33. The maximum absolute atomic E-state index is 2.43. The third kappa shape index (κ3) is 7.79. The Morgan fingerprint density at radius 2 is 1.95 bits per heavy atom. The fourth-order valence-corrected chi connectivity index (χ4v) is 2.73. The van der Waals surface area contributed by atoms with Crippen molar-refractivity contribution in [1.29, 1.82) is 0 Å². The van der Waals surface area contributed by atoms with E-state index < -0.39 is 0 Å². The maximum Gasteiger partial charge on any atom is 0.0162 e. The molecule has 1 aromatic carbocycles. The van der Waals surface area contributed by atoms with E-state index in [1.54, 1.807) is 0 Å². The summed E-state index contributed by atoms with van der Waals surface area (Å²) in [4.78, 5) is 2.43. The Morgan fingerprint density at radius 3 is 2.59 bits per heavy atom. The molecule has 0 N–H and O–H groups in total. The van der Waals surface area contributed by atoms with Crippen LogP contribution >= 0.6 is 0 Å². The van der Waals surface area contributed by atoms with E-state index in [9.17, 15) is 0 Å². The zero-order chi connectivity index (χ0) is 16.5. The van der Waals surface area contributed by atoms with Crippen LogP contribution in [0.25, 0.3) is 0 Å². The molecule has 0 aliphatic rings. The van der Waals surface area contributed by atoms with Crippen molar-refractivity contribution in [2.24, 2.45) is 5.92 Å². The number of benzene rings is 1. The van der Waals surface area contributed by atoms with Crippen molar-refractivity contribution in [3.05, 3.63) is 46.5 Å². The molecule has 0 saturated carbocycles. The lowest BCUT2D eigenvalue weighted by Gasteiger charge is -2.15. The van der Waals surface area contributed by atoms with Crippen LogP contribution in [0.3, 0.4) is 0 Å². The fraction of sp³-hybridized carbons (Fsp3) is 0.619. The molecule has 0 aliphatic heterocycles. The van der Waals surface area contributed by atoms with Crippen molar-refractivity contribution in [2.45, 2.75) is 60.3 Å². The highest BCUT2D eigenvalue weighted by Gasteiger charge is 2.01. The van der Waals surface area contributed by atoms with E-state index in [1.807, 2.05) is 0 Å². The van der Waals surface area contributed by atoms with Crippen LogP contribution in [-0.4, -0.2) is 25.0 Å². The molecule has 22 heavy (non-hydrogen) atoms. The number of allylic oxidation sites excluding steroid dienone is 1. The minimum Gasteiger partial charge on any atom is -0.303 e. The van der Waals surface area contributed by atoms with Gasteiger partial charge >= 0.3 is 0 Å². The molecule has 0 heterocycles. The van der Waals surface area contributed by atoms with Gasteiger partial charge in [0.25, 0.3) is 0 Å². The van der Waals surface area contributed by atoms with Crippen LogP contribution in [0.2, 0.25) is 0 Å². The Morgan fingerprint density at radius 1 is 1.23 bits per heavy atom. The Labute approximate surface area is 138 Å². The molecule has 0 saturated heterocycles. The highest BCUT2D eigenvalue weighted by molar-refractivity contribution is 5.30. The molecule has 1 heteroatoms. The van der Waals surface area contributed by atoms with Gasteiger partial charge in [0.2, 0.25) is 0 Å². The second-order valence-electron chi connectivity index (χ2n) is 7.28. The van der Waals surface area contributed by atoms with Crippen molar-refractivity contribution in [3.63, 3.8) is 0 Å². The molecule has 1 rings (SSSR count). The van der Waals surface area contributed by atoms with Gasteiger partial charge in [0.1, 0.15) is 0 Å². The van der Waals surface area contributed by atoms with Crippen LogP contribution < -0.4 is 0 Å². The molecule has 0 unspecified atom stereocenters. The first-order valence-electron chi connectivity index (χ1n) is 8.78. The Hall–Kier alpha value is -1.08. The standard InChI is InChI=1S/C21H35N/c1-17(2)8-7-14-22(6)15-13-18(3)9-11-21-12-10-19(4)16-20(21)5/h10,12-13,16-17H,7-9,11,14-15H2,1-6H3/b18-13+. The van der Waals surface area contributed by atoms with Crippen LogP contribution in [0.15, 0.2) is 29.8 Å². The van der Waals surface area contributed by atoms with Crippen LogP contribution in [0.5, 0.6) is 0 Å². The van der Waals surface area contributed by atoms with Gasteiger partial charge in [0, 0.05) is 6.54 Å². The average Bonchev–Trinajstić information content (AvgIpc) is 2.43. The fourth-order valence-electron chi connectivity index (χ4n) is 2.73. The molecule has 0 atom stereocenters. The van der Waals surface area contributed by atoms with E-state index in [0.29, 0.717) is 0 Å². The minimum absolute atomic E-state index is 0.823. The van der Waals surface area contributed by atoms with Crippen LogP contribution in [0.1, 0.15) is 56.7 Å². The van der Waals surface area contributed by atoms with Crippen molar-refractivity contribution in [3.8, 4) is 0 Å². The van der Waals surface area contributed by atoms with Crippen molar-refractivity contribution >= 4 is 0 Å². The largest absolute Gasteiger partial charge is 0.303 e. The minimum atomic E-state index is 0.823. The van der Waals surface area contributed by atoms with Gasteiger partial charge in [-0.3, -0.25) is 0 Å². The van der Waals surface area contributed by atoms with E-state index in [-0.39, 0.29) is 0 Å². The molecule has 0 aromatic heterocycles. The molecule has 0 bridgehead atoms. The van der Waals surface area contributed by atoms with Crippen LogP contribution in [-0.2, 0) is 6.42 Å². The molecule has 124 valence electrons. The number of likely N-dealkylation sites (N-methyl/N-ethyl adjacent to an activating group) is 1. The van der Waals surface area contributed by atoms with E-state index in [0.717, 1.165) is 18.9 Å². The third-order valence-electron chi connectivity index (χ3n) is 4.36. The van der Waals surface area contributed by atoms with E-state index in [4.69, 9.17) is 0 Å². The van der Waals surface area contributed by atoms with E-state index >= 15 is 0 Å². The predicted molar refractivity (Wildman–Crippen MR) is 99.6 cm³/mol. The van der Waals surface area contributed by atoms with Gasteiger partial charge in [0.15, 0.2) is 0 Å². The number of nitrogens with zero attached hydrogens (tertiary/aromatic N) is 1. The zero-order valence-corrected chi connectivity index (χ0v) is 15.6. The van der Waals surface area contributed by atoms with Gasteiger partial charge < -0.3 is 4.90 Å². The monoisotopic (exact) mass is 301 g/mol. The number of hydrogen-bond donors (Lipinski definition) is 0. The molecule has 0 fully saturated rings. The maximum atomic E-state index is 2.43. The van der Waals surface area contributed by atoms with Gasteiger partial charge in [-0.1, -0.05) is 49.3 Å². The second-order valence-corrected chi connectivity index (χ2v) is 7.28. The summed E-state index contributed by atoms with van der Waals surface area (Å²) in [5.41, 5.74) is 5.79.